The molecule has 0 atom stereocenters. The number of nitrogens with zero attached hydrogens (tertiary/aromatic N) is 3. The number of aryl methyl sites for hydroxylation is 1. The minimum Gasteiger partial charge on any atom is -0.359 e. The third-order valence-corrected chi connectivity index (χ3v) is 5.94. The third-order valence-electron chi connectivity index (χ3n) is 5.94. The van der Waals surface area contributed by atoms with Crippen LogP contribution in [0, 0.1) is 0 Å². The van der Waals surface area contributed by atoms with Gasteiger partial charge in [0.1, 0.15) is 5.82 Å². The van der Waals surface area contributed by atoms with E-state index in [0.717, 1.165) is 41.2 Å². The molecule has 3 aromatic carbocycles. The summed E-state index contributed by atoms with van der Waals surface area (Å²) in [5.74, 6) is 0.719. The van der Waals surface area contributed by atoms with Gasteiger partial charge in [0.15, 0.2) is 0 Å². The minimum atomic E-state index is -0.119. The van der Waals surface area contributed by atoms with Crippen molar-refractivity contribution in [3.63, 3.8) is 0 Å². The Labute approximate surface area is 198 Å². The first kappa shape index (κ1) is 21.5. The zero-order valence-corrected chi connectivity index (χ0v) is 18.8. The number of anilines is 1. The van der Waals surface area contributed by atoms with Crippen molar-refractivity contribution in [1.82, 2.24) is 19.1 Å². The number of aromatic nitrogens is 4. The smallest absolute Gasteiger partial charge is 0.327 e. The van der Waals surface area contributed by atoms with E-state index >= 15 is 0 Å². The van der Waals surface area contributed by atoms with Gasteiger partial charge in [0.05, 0.1) is 18.1 Å². The lowest BCUT2D eigenvalue weighted by molar-refractivity contribution is 0.557. The molecule has 34 heavy (non-hydrogen) atoms. The van der Waals surface area contributed by atoms with Crippen LogP contribution < -0.4 is 11.0 Å². The predicted molar refractivity (Wildman–Crippen MR) is 136 cm³/mol. The van der Waals surface area contributed by atoms with Gasteiger partial charge in [0.25, 0.3) is 0 Å². The van der Waals surface area contributed by atoms with Crippen molar-refractivity contribution < 1.29 is 0 Å². The standard InChI is InChI=1S/C28H27N5O/c34-28-31-27(30-25(22-11-4-1-5-12-22)23-13-6-2-7-14-23)26(24-15-8-3-9-16-24)33(28)19-10-18-32-20-17-29-21-32/h1-9,11-17,20-21,25,30H,10,18-19H2,(H,31,34). The maximum absolute atomic E-state index is 13.1. The molecule has 0 spiro atoms. The highest BCUT2D eigenvalue weighted by Crippen LogP contribution is 2.31. The van der Waals surface area contributed by atoms with E-state index in [0.29, 0.717) is 6.54 Å². The van der Waals surface area contributed by atoms with Gasteiger partial charge in [-0.1, -0.05) is 91.0 Å². The van der Waals surface area contributed by atoms with Crippen LogP contribution in [0.3, 0.4) is 0 Å². The first-order chi connectivity index (χ1) is 16.8. The molecule has 6 nitrogen and oxygen atoms in total. The summed E-state index contributed by atoms with van der Waals surface area (Å²) in [5, 5.41) is 3.65. The Bertz CT molecular complexity index is 1320. The van der Waals surface area contributed by atoms with Crippen molar-refractivity contribution in [2.75, 3.05) is 5.32 Å². The molecule has 0 radical (unpaired) electrons. The molecule has 0 bridgehead atoms. The van der Waals surface area contributed by atoms with Crippen molar-refractivity contribution in [3.8, 4) is 11.3 Å². The molecule has 5 aromatic rings. The van der Waals surface area contributed by atoms with E-state index in [-0.39, 0.29) is 11.7 Å². The zero-order chi connectivity index (χ0) is 23.2. The second kappa shape index (κ2) is 10.1. The molecule has 2 heterocycles. The molecule has 2 N–H and O–H groups in total. The van der Waals surface area contributed by atoms with E-state index in [2.05, 4.69) is 39.6 Å². The number of imidazole rings is 2. The van der Waals surface area contributed by atoms with E-state index in [1.165, 1.54) is 0 Å². The van der Waals surface area contributed by atoms with Crippen LogP contribution in [0.5, 0.6) is 0 Å². The molecule has 0 aliphatic carbocycles. The van der Waals surface area contributed by atoms with Crippen LogP contribution in [-0.4, -0.2) is 19.1 Å². The number of aromatic amines is 1. The Balaban J connectivity index is 1.53. The summed E-state index contributed by atoms with van der Waals surface area (Å²) in [6.07, 6.45) is 6.33. The quantitative estimate of drug-likeness (QED) is 0.320. The number of rotatable bonds is 9. The summed E-state index contributed by atoms with van der Waals surface area (Å²) in [7, 11) is 0. The van der Waals surface area contributed by atoms with Crippen molar-refractivity contribution >= 4 is 5.82 Å². The Hall–Kier alpha value is -4.32. The summed E-state index contributed by atoms with van der Waals surface area (Å²) >= 11 is 0. The average molecular weight is 450 g/mol. The lowest BCUT2D eigenvalue weighted by Gasteiger charge is -2.21. The van der Waals surface area contributed by atoms with Crippen LogP contribution in [0.4, 0.5) is 5.82 Å². The van der Waals surface area contributed by atoms with E-state index in [1.807, 2.05) is 82.1 Å². The van der Waals surface area contributed by atoms with E-state index in [9.17, 15) is 4.79 Å². The molecule has 170 valence electrons. The fraction of sp³-hybridized carbons (Fsp3) is 0.143. The van der Waals surface area contributed by atoms with E-state index in [4.69, 9.17) is 0 Å². The van der Waals surface area contributed by atoms with Gasteiger partial charge in [-0.2, -0.15) is 0 Å². The molecule has 5 rings (SSSR count). The Morgan fingerprint density at radius 2 is 1.44 bits per heavy atom. The van der Waals surface area contributed by atoms with Crippen LogP contribution in [0.1, 0.15) is 23.6 Å². The summed E-state index contributed by atoms with van der Waals surface area (Å²) in [5.41, 5.74) is 3.99. The molecule has 0 saturated heterocycles. The first-order valence-electron chi connectivity index (χ1n) is 11.5. The van der Waals surface area contributed by atoms with Gasteiger partial charge in [-0.3, -0.25) is 9.55 Å². The normalized spacial score (nSPS) is 11.1. The molecule has 2 aromatic heterocycles. The van der Waals surface area contributed by atoms with E-state index < -0.39 is 0 Å². The van der Waals surface area contributed by atoms with Crippen molar-refractivity contribution in [3.05, 3.63) is 131 Å². The second-order valence-corrected chi connectivity index (χ2v) is 8.22. The summed E-state index contributed by atoms with van der Waals surface area (Å²) < 4.78 is 3.86. The van der Waals surface area contributed by atoms with Gasteiger partial charge >= 0.3 is 5.69 Å². The monoisotopic (exact) mass is 449 g/mol. The lowest BCUT2D eigenvalue weighted by Crippen LogP contribution is -2.18. The lowest BCUT2D eigenvalue weighted by atomic mass is 9.98. The third kappa shape index (κ3) is 4.71. The number of H-pyrrole nitrogens is 1. The zero-order valence-electron chi connectivity index (χ0n) is 18.8. The highest BCUT2D eigenvalue weighted by Gasteiger charge is 2.21. The molecule has 0 saturated carbocycles. The molecule has 0 fully saturated rings. The Kier molecular flexibility index (Phi) is 6.38. The van der Waals surface area contributed by atoms with Crippen LogP contribution in [0.15, 0.2) is 115 Å². The first-order valence-corrected chi connectivity index (χ1v) is 11.5. The SMILES string of the molecule is O=c1[nH]c(NC(c2ccccc2)c2ccccc2)c(-c2ccccc2)n1CCCn1ccnc1. The largest absolute Gasteiger partial charge is 0.359 e. The van der Waals surface area contributed by atoms with Gasteiger partial charge in [-0.25, -0.2) is 9.78 Å². The van der Waals surface area contributed by atoms with Gasteiger partial charge in [-0.15, -0.1) is 0 Å². The maximum Gasteiger partial charge on any atom is 0.327 e. The number of hydrogen-bond acceptors (Lipinski definition) is 3. The summed E-state index contributed by atoms with van der Waals surface area (Å²) in [4.78, 5) is 20.3. The molecular formula is C28H27N5O. The van der Waals surface area contributed by atoms with Crippen LogP contribution in [0.2, 0.25) is 0 Å². The Morgan fingerprint density at radius 3 is 2.03 bits per heavy atom. The minimum absolute atomic E-state index is 0.109. The van der Waals surface area contributed by atoms with Crippen LogP contribution >= 0.6 is 0 Å². The maximum atomic E-state index is 13.1. The molecule has 0 unspecified atom stereocenters. The fourth-order valence-electron chi connectivity index (χ4n) is 4.31. The van der Waals surface area contributed by atoms with Crippen LogP contribution in [-0.2, 0) is 13.1 Å². The van der Waals surface area contributed by atoms with Gasteiger partial charge < -0.3 is 9.88 Å². The molecule has 0 amide bonds. The number of benzene rings is 3. The van der Waals surface area contributed by atoms with Gasteiger partial charge in [0.2, 0.25) is 0 Å². The number of nitrogens with one attached hydrogen (secondary N) is 2. The molecule has 6 heteroatoms. The highest BCUT2D eigenvalue weighted by atomic mass is 16.1. The van der Waals surface area contributed by atoms with Gasteiger partial charge in [0, 0.05) is 31.0 Å². The van der Waals surface area contributed by atoms with Crippen molar-refractivity contribution in [1.29, 1.82) is 0 Å². The number of hydrogen-bond donors (Lipinski definition) is 2. The summed E-state index contributed by atoms with van der Waals surface area (Å²) in [6.45, 7) is 1.39. The summed E-state index contributed by atoms with van der Waals surface area (Å²) in [6, 6.07) is 30.5. The fourth-order valence-corrected chi connectivity index (χ4v) is 4.31. The van der Waals surface area contributed by atoms with Crippen LogP contribution in [0.25, 0.3) is 11.3 Å². The average Bonchev–Trinajstić information content (AvgIpc) is 3.52. The second-order valence-electron chi connectivity index (χ2n) is 8.22. The van der Waals surface area contributed by atoms with Crippen molar-refractivity contribution in [2.45, 2.75) is 25.6 Å². The predicted octanol–water partition coefficient (Wildman–Crippen LogP) is 5.33. The van der Waals surface area contributed by atoms with E-state index in [1.54, 1.807) is 12.5 Å². The highest BCUT2D eigenvalue weighted by molar-refractivity contribution is 5.73. The molecule has 0 aliphatic heterocycles. The topological polar surface area (TPSA) is 67.6 Å². The molecule has 0 aliphatic rings. The van der Waals surface area contributed by atoms with Gasteiger partial charge in [-0.05, 0) is 17.5 Å². The Morgan fingerprint density at radius 1 is 0.824 bits per heavy atom. The van der Waals surface area contributed by atoms with Crippen molar-refractivity contribution in [2.24, 2.45) is 0 Å². The molecular weight excluding hydrogens is 422 g/mol.